The minimum absolute atomic E-state index is 0.0313. The minimum atomic E-state index is 0.0313. The van der Waals surface area contributed by atoms with Crippen molar-refractivity contribution in [2.24, 2.45) is 0 Å². The third-order valence-corrected chi connectivity index (χ3v) is 4.76. The van der Waals surface area contributed by atoms with Gasteiger partial charge in [-0.3, -0.25) is 4.79 Å². The molecule has 6 heteroatoms. The molecule has 28 heavy (non-hydrogen) atoms. The van der Waals surface area contributed by atoms with E-state index in [1.54, 1.807) is 21.3 Å². The molecule has 3 aromatic rings. The fourth-order valence-corrected chi connectivity index (χ4v) is 3.27. The van der Waals surface area contributed by atoms with Crippen molar-refractivity contribution in [2.45, 2.75) is 19.4 Å². The number of hydrogen-bond donors (Lipinski definition) is 1. The molecule has 1 aromatic heterocycles. The third-order valence-electron chi connectivity index (χ3n) is 4.76. The Hall–Kier alpha value is -3.15. The lowest BCUT2D eigenvalue weighted by molar-refractivity contribution is -0.121. The number of carbonyl (C=O) groups excluding carboxylic acids is 1. The minimum Gasteiger partial charge on any atom is -0.496 e. The van der Waals surface area contributed by atoms with Crippen LogP contribution in [0.2, 0.25) is 0 Å². The van der Waals surface area contributed by atoms with Crippen molar-refractivity contribution < 1.29 is 19.0 Å². The number of carbonyl (C=O) groups is 1. The number of fused-ring (bicyclic) bond motifs is 1. The zero-order valence-electron chi connectivity index (χ0n) is 16.5. The maximum absolute atomic E-state index is 12.2. The van der Waals surface area contributed by atoms with Crippen LogP contribution in [0.5, 0.6) is 17.2 Å². The van der Waals surface area contributed by atoms with Gasteiger partial charge in [-0.2, -0.15) is 0 Å². The van der Waals surface area contributed by atoms with Gasteiger partial charge < -0.3 is 24.1 Å². The average molecular weight is 382 g/mol. The van der Waals surface area contributed by atoms with Crippen molar-refractivity contribution in [1.29, 1.82) is 0 Å². The maximum atomic E-state index is 12.2. The van der Waals surface area contributed by atoms with E-state index in [9.17, 15) is 4.79 Å². The Kier molecular flexibility index (Phi) is 6.42. The molecule has 0 fully saturated rings. The molecule has 0 saturated heterocycles. The summed E-state index contributed by atoms with van der Waals surface area (Å²) in [5, 5.41) is 4.06. The molecular weight excluding hydrogens is 356 g/mol. The zero-order valence-corrected chi connectivity index (χ0v) is 16.5. The molecule has 1 amide bonds. The summed E-state index contributed by atoms with van der Waals surface area (Å²) >= 11 is 0. The van der Waals surface area contributed by atoms with Gasteiger partial charge in [0.25, 0.3) is 0 Å². The summed E-state index contributed by atoms with van der Waals surface area (Å²) in [4.78, 5) is 12.2. The van der Waals surface area contributed by atoms with Gasteiger partial charge in [-0.15, -0.1) is 0 Å². The van der Waals surface area contributed by atoms with Gasteiger partial charge in [0, 0.05) is 31.1 Å². The Morgan fingerprint density at radius 3 is 2.50 bits per heavy atom. The summed E-state index contributed by atoms with van der Waals surface area (Å²) in [6, 6.07) is 13.7. The fourth-order valence-electron chi connectivity index (χ4n) is 3.27. The molecule has 0 spiro atoms. The molecule has 3 rings (SSSR count). The van der Waals surface area contributed by atoms with E-state index in [0.29, 0.717) is 37.4 Å². The number of aryl methyl sites for hydroxylation is 1. The Labute approximate surface area is 165 Å². The number of methoxy groups -OCH3 is 3. The van der Waals surface area contributed by atoms with Gasteiger partial charge in [-0.1, -0.05) is 12.1 Å². The standard InChI is InChI=1S/C22H26N2O4/c1-26-19-6-4-5-18-17(19)11-13-24(18)14-12-23-22(25)10-8-16-7-9-20(27-2)21(15-16)28-3/h4-7,9,11,13,15H,8,10,12,14H2,1-3H3,(H,23,25). The normalized spacial score (nSPS) is 10.7. The molecule has 0 aliphatic rings. The second kappa shape index (κ2) is 9.17. The largest absolute Gasteiger partial charge is 0.496 e. The summed E-state index contributed by atoms with van der Waals surface area (Å²) in [6.07, 6.45) is 3.09. The second-order valence-electron chi connectivity index (χ2n) is 6.44. The monoisotopic (exact) mass is 382 g/mol. The Balaban J connectivity index is 1.50. The van der Waals surface area contributed by atoms with Crippen LogP contribution in [-0.4, -0.2) is 38.3 Å². The van der Waals surface area contributed by atoms with E-state index in [0.717, 1.165) is 22.2 Å². The van der Waals surface area contributed by atoms with Gasteiger partial charge in [0.2, 0.25) is 5.91 Å². The summed E-state index contributed by atoms with van der Waals surface area (Å²) in [6.45, 7) is 1.28. The Bertz CT molecular complexity index is 949. The number of aromatic nitrogens is 1. The number of rotatable bonds is 9. The van der Waals surface area contributed by atoms with E-state index in [1.807, 2.05) is 42.6 Å². The molecule has 0 radical (unpaired) electrons. The predicted molar refractivity (Wildman–Crippen MR) is 109 cm³/mol. The third kappa shape index (κ3) is 4.39. The number of ether oxygens (including phenoxy) is 3. The van der Waals surface area contributed by atoms with E-state index in [4.69, 9.17) is 14.2 Å². The van der Waals surface area contributed by atoms with Crippen LogP contribution in [0.15, 0.2) is 48.7 Å². The maximum Gasteiger partial charge on any atom is 0.220 e. The van der Waals surface area contributed by atoms with Gasteiger partial charge >= 0.3 is 0 Å². The second-order valence-corrected chi connectivity index (χ2v) is 6.44. The molecule has 1 N–H and O–H groups in total. The highest BCUT2D eigenvalue weighted by molar-refractivity contribution is 5.86. The van der Waals surface area contributed by atoms with Gasteiger partial charge in [-0.05, 0) is 42.3 Å². The van der Waals surface area contributed by atoms with Crippen molar-refractivity contribution in [3.05, 3.63) is 54.2 Å². The first-order valence-electron chi connectivity index (χ1n) is 9.25. The van der Waals surface area contributed by atoms with Crippen LogP contribution in [0.1, 0.15) is 12.0 Å². The SMILES string of the molecule is COc1ccc(CCC(=O)NCCn2ccc3c(OC)cccc32)cc1OC. The first-order chi connectivity index (χ1) is 13.7. The van der Waals surface area contributed by atoms with Crippen LogP contribution in [-0.2, 0) is 17.8 Å². The predicted octanol–water partition coefficient (Wildman–Crippen LogP) is 3.42. The van der Waals surface area contributed by atoms with Crippen LogP contribution in [0.4, 0.5) is 0 Å². The number of nitrogens with zero attached hydrogens (tertiary/aromatic N) is 1. The smallest absolute Gasteiger partial charge is 0.220 e. The van der Waals surface area contributed by atoms with Gasteiger partial charge in [0.15, 0.2) is 11.5 Å². The van der Waals surface area contributed by atoms with E-state index >= 15 is 0 Å². The molecule has 0 unspecified atom stereocenters. The lowest BCUT2D eigenvalue weighted by atomic mass is 10.1. The average Bonchev–Trinajstić information content (AvgIpc) is 3.15. The fraction of sp³-hybridized carbons (Fsp3) is 0.318. The highest BCUT2D eigenvalue weighted by atomic mass is 16.5. The number of hydrogen-bond acceptors (Lipinski definition) is 4. The molecule has 0 saturated carbocycles. The molecule has 0 aliphatic carbocycles. The summed E-state index contributed by atoms with van der Waals surface area (Å²) < 4.78 is 18.0. The molecule has 0 bridgehead atoms. The van der Waals surface area contributed by atoms with Gasteiger partial charge in [0.05, 0.1) is 26.8 Å². The van der Waals surface area contributed by atoms with Crippen LogP contribution < -0.4 is 19.5 Å². The molecule has 0 atom stereocenters. The van der Waals surface area contributed by atoms with Crippen LogP contribution in [0.3, 0.4) is 0 Å². The van der Waals surface area contributed by atoms with Crippen molar-refractivity contribution in [2.75, 3.05) is 27.9 Å². The summed E-state index contributed by atoms with van der Waals surface area (Å²) in [7, 11) is 4.88. The number of benzene rings is 2. The quantitative estimate of drug-likeness (QED) is 0.616. The molecule has 1 heterocycles. The first-order valence-corrected chi connectivity index (χ1v) is 9.25. The Morgan fingerprint density at radius 1 is 0.964 bits per heavy atom. The highest BCUT2D eigenvalue weighted by Gasteiger charge is 2.08. The molecule has 0 aliphatic heterocycles. The van der Waals surface area contributed by atoms with Gasteiger partial charge in [-0.25, -0.2) is 0 Å². The lowest BCUT2D eigenvalue weighted by Crippen LogP contribution is -2.27. The molecule has 148 valence electrons. The molecule has 6 nitrogen and oxygen atoms in total. The van der Waals surface area contributed by atoms with Gasteiger partial charge in [0.1, 0.15) is 5.75 Å². The van der Waals surface area contributed by atoms with Crippen molar-refractivity contribution in [1.82, 2.24) is 9.88 Å². The zero-order chi connectivity index (χ0) is 19.9. The van der Waals surface area contributed by atoms with Crippen molar-refractivity contribution in [3.63, 3.8) is 0 Å². The molecule has 2 aromatic carbocycles. The highest BCUT2D eigenvalue weighted by Crippen LogP contribution is 2.28. The van der Waals surface area contributed by atoms with Crippen molar-refractivity contribution in [3.8, 4) is 17.2 Å². The van der Waals surface area contributed by atoms with Crippen LogP contribution >= 0.6 is 0 Å². The Morgan fingerprint density at radius 2 is 1.75 bits per heavy atom. The number of nitrogens with one attached hydrogen (secondary N) is 1. The van der Waals surface area contributed by atoms with E-state index in [-0.39, 0.29) is 5.91 Å². The van der Waals surface area contributed by atoms with E-state index < -0.39 is 0 Å². The van der Waals surface area contributed by atoms with E-state index in [1.165, 1.54) is 0 Å². The van der Waals surface area contributed by atoms with Crippen LogP contribution in [0, 0.1) is 0 Å². The topological polar surface area (TPSA) is 61.7 Å². The summed E-state index contributed by atoms with van der Waals surface area (Å²) in [5.41, 5.74) is 2.13. The number of amides is 1. The molecular formula is C22H26N2O4. The first kappa shape index (κ1) is 19.6. The van der Waals surface area contributed by atoms with E-state index in [2.05, 4.69) is 16.0 Å². The van der Waals surface area contributed by atoms with Crippen molar-refractivity contribution >= 4 is 16.8 Å². The summed E-state index contributed by atoms with van der Waals surface area (Å²) in [5.74, 6) is 2.25. The lowest BCUT2D eigenvalue weighted by Gasteiger charge is -2.10. The van der Waals surface area contributed by atoms with Crippen LogP contribution in [0.25, 0.3) is 10.9 Å².